The third kappa shape index (κ3) is 9.48. The van der Waals surface area contributed by atoms with Crippen molar-refractivity contribution in [3.63, 3.8) is 0 Å². The second-order valence-electron chi connectivity index (χ2n) is 2.88. The van der Waals surface area contributed by atoms with E-state index in [1.807, 2.05) is 19.1 Å². The summed E-state index contributed by atoms with van der Waals surface area (Å²) in [6, 6.07) is 0. The lowest BCUT2D eigenvalue weighted by atomic mass is 10.0. The molecule has 0 spiro atoms. The number of allylic oxidation sites excluding steroid dienone is 3. The number of hydrogen-bond acceptors (Lipinski definition) is 0. The first-order valence-corrected chi connectivity index (χ1v) is 4.65. The van der Waals surface area contributed by atoms with Crippen LogP contribution in [0.4, 0.5) is 0 Å². The van der Waals surface area contributed by atoms with Crippen molar-refractivity contribution in [3.8, 4) is 0 Å². The van der Waals surface area contributed by atoms with Gasteiger partial charge in [0.15, 0.2) is 0 Å². The van der Waals surface area contributed by atoms with Crippen molar-refractivity contribution < 1.29 is 0 Å². The fourth-order valence-electron chi connectivity index (χ4n) is 1.20. The fraction of sp³-hybridized carbons (Fsp3) is 0.636. The van der Waals surface area contributed by atoms with Gasteiger partial charge in [0, 0.05) is 0 Å². The molecule has 1 rings (SSSR count). The van der Waals surface area contributed by atoms with Gasteiger partial charge in [-0.15, -0.1) is 0 Å². The predicted octanol–water partition coefficient (Wildman–Crippen LogP) is 4.09. The molecule has 0 atom stereocenters. The van der Waals surface area contributed by atoms with E-state index in [1.54, 1.807) is 6.08 Å². The summed E-state index contributed by atoms with van der Waals surface area (Å²) in [5, 5.41) is 0. The van der Waals surface area contributed by atoms with E-state index in [4.69, 9.17) is 0 Å². The van der Waals surface area contributed by atoms with Crippen LogP contribution in [-0.4, -0.2) is 0 Å². The molecule has 0 heteroatoms. The maximum Gasteiger partial charge on any atom is -0.0467 e. The quantitative estimate of drug-likeness (QED) is 0.496. The molecule has 0 aliphatic heterocycles. The normalized spacial score (nSPS) is 17.2. The lowest BCUT2D eigenvalue weighted by Gasteiger charge is -2.05. The molecule has 0 aromatic rings. The van der Waals surface area contributed by atoms with Gasteiger partial charge < -0.3 is 0 Å². The smallest absolute Gasteiger partial charge is 0.0467 e. The SMILES string of the molecule is C1CCCCC1.C=C/C=C/C. The first-order valence-electron chi connectivity index (χ1n) is 4.65. The van der Waals surface area contributed by atoms with Gasteiger partial charge in [0.25, 0.3) is 0 Å². The van der Waals surface area contributed by atoms with Crippen molar-refractivity contribution in [1.29, 1.82) is 0 Å². The molecule has 0 unspecified atom stereocenters. The van der Waals surface area contributed by atoms with Crippen LogP contribution in [0.1, 0.15) is 45.4 Å². The first kappa shape index (κ1) is 10.5. The van der Waals surface area contributed by atoms with Crippen LogP contribution < -0.4 is 0 Å². The molecule has 0 amide bonds. The molecule has 0 aromatic heterocycles. The van der Waals surface area contributed by atoms with Crippen molar-refractivity contribution in [1.82, 2.24) is 0 Å². The van der Waals surface area contributed by atoms with Gasteiger partial charge >= 0.3 is 0 Å². The molecular formula is C11H20. The van der Waals surface area contributed by atoms with Crippen LogP contribution in [0.15, 0.2) is 24.8 Å². The monoisotopic (exact) mass is 152 g/mol. The predicted molar refractivity (Wildman–Crippen MR) is 52.7 cm³/mol. The zero-order valence-electron chi connectivity index (χ0n) is 7.68. The highest BCUT2D eigenvalue weighted by Gasteiger charge is 1.95. The van der Waals surface area contributed by atoms with Crippen LogP contribution in [0.5, 0.6) is 0 Å². The Labute approximate surface area is 71.0 Å². The van der Waals surface area contributed by atoms with E-state index >= 15 is 0 Å². The first-order chi connectivity index (χ1) is 5.41. The van der Waals surface area contributed by atoms with E-state index < -0.39 is 0 Å². The second-order valence-corrected chi connectivity index (χ2v) is 2.88. The van der Waals surface area contributed by atoms with Gasteiger partial charge in [-0.25, -0.2) is 0 Å². The highest BCUT2D eigenvalue weighted by atomic mass is 14.0. The summed E-state index contributed by atoms with van der Waals surface area (Å²) < 4.78 is 0. The Morgan fingerprint density at radius 3 is 1.36 bits per heavy atom. The van der Waals surface area contributed by atoms with Gasteiger partial charge in [-0.3, -0.25) is 0 Å². The molecule has 0 nitrogen and oxygen atoms in total. The van der Waals surface area contributed by atoms with Crippen LogP contribution >= 0.6 is 0 Å². The summed E-state index contributed by atoms with van der Waals surface area (Å²) in [6.45, 7) is 5.42. The Bertz CT molecular complexity index is 85.1. The minimum atomic E-state index is 1.50. The average Bonchev–Trinajstić information content (AvgIpc) is 2.10. The molecule has 1 saturated carbocycles. The van der Waals surface area contributed by atoms with Crippen molar-refractivity contribution >= 4 is 0 Å². The molecule has 11 heavy (non-hydrogen) atoms. The highest BCUT2D eigenvalue weighted by Crippen LogP contribution is 2.15. The minimum absolute atomic E-state index is 1.50. The summed E-state index contributed by atoms with van der Waals surface area (Å²) in [4.78, 5) is 0. The zero-order valence-corrected chi connectivity index (χ0v) is 7.68. The molecule has 0 bridgehead atoms. The topological polar surface area (TPSA) is 0 Å². The van der Waals surface area contributed by atoms with E-state index in [0.717, 1.165) is 0 Å². The van der Waals surface area contributed by atoms with Crippen LogP contribution in [0.25, 0.3) is 0 Å². The fourth-order valence-corrected chi connectivity index (χ4v) is 1.20. The van der Waals surface area contributed by atoms with Gasteiger partial charge in [-0.05, 0) is 6.92 Å². The van der Waals surface area contributed by atoms with Crippen LogP contribution in [-0.2, 0) is 0 Å². The Morgan fingerprint density at radius 2 is 1.27 bits per heavy atom. The van der Waals surface area contributed by atoms with Crippen molar-refractivity contribution in [2.75, 3.05) is 0 Å². The standard InChI is InChI=1S/C6H12.C5H8/c1-2-4-6-5-3-1;1-3-5-4-2/h1-6H2;3-5H,1H2,2H3/b;5-4+. The lowest BCUT2D eigenvalue weighted by molar-refractivity contribution is 0.504. The van der Waals surface area contributed by atoms with Gasteiger partial charge in [0.2, 0.25) is 0 Å². The average molecular weight is 152 g/mol. The van der Waals surface area contributed by atoms with E-state index in [1.165, 1.54) is 38.5 Å². The summed E-state index contributed by atoms with van der Waals surface area (Å²) in [5.74, 6) is 0. The summed E-state index contributed by atoms with van der Waals surface area (Å²) in [6.07, 6.45) is 14.6. The van der Waals surface area contributed by atoms with Crippen molar-refractivity contribution in [3.05, 3.63) is 24.8 Å². The molecule has 64 valence electrons. The summed E-state index contributed by atoms with van der Waals surface area (Å²) >= 11 is 0. The van der Waals surface area contributed by atoms with Crippen LogP contribution in [0.3, 0.4) is 0 Å². The van der Waals surface area contributed by atoms with E-state index in [0.29, 0.717) is 0 Å². The number of rotatable bonds is 1. The lowest BCUT2D eigenvalue weighted by Crippen LogP contribution is -1.85. The Kier molecular flexibility index (Phi) is 9.03. The second kappa shape index (κ2) is 9.48. The molecular weight excluding hydrogens is 132 g/mol. The molecule has 0 N–H and O–H groups in total. The van der Waals surface area contributed by atoms with Gasteiger partial charge in [-0.1, -0.05) is 63.3 Å². The zero-order chi connectivity index (χ0) is 8.36. The van der Waals surface area contributed by atoms with Crippen molar-refractivity contribution in [2.24, 2.45) is 0 Å². The van der Waals surface area contributed by atoms with E-state index in [-0.39, 0.29) is 0 Å². The molecule has 0 saturated heterocycles. The molecule has 0 heterocycles. The van der Waals surface area contributed by atoms with Gasteiger partial charge in [0.05, 0.1) is 0 Å². The van der Waals surface area contributed by atoms with Crippen LogP contribution in [0, 0.1) is 0 Å². The Balaban J connectivity index is 0.000000187. The molecule has 0 radical (unpaired) electrons. The number of hydrogen-bond donors (Lipinski definition) is 0. The van der Waals surface area contributed by atoms with Gasteiger partial charge in [-0.2, -0.15) is 0 Å². The third-order valence-electron chi connectivity index (χ3n) is 1.83. The molecule has 1 aliphatic carbocycles. The summed E-state index contributed by atoms with van der Waals surface area (Å²) in [7, 11) is 0. The molecule has 0 aromatic carbocycles. The summed E-state index contributed by atoms with van der Waals surface area (Å²) in [5.41, 5.74) is 0. The van der Waals surface area contributed by atoms with E-state index in [2.05, 4.69) is 6.58 Å². The van der Waals surface area contributed by atoms with Crippen molar-refractivity contribution in [2.45, 2.75) is 45.4 Å². The Hall–Kier alpha value is -0.520. The maximum atomic E-state index is 3.46. The van der Waals surface area contributed by atoms with Gasteiger partial charge in [0.1, 0.15) is 0 Å². The van der Waals surface area contributed by atoms with E-state index in [9.17, 15) is 0 Å². The largest absolute Gasteiger partial charge is 0.0991 e. The minimum Gasteiger partial charge on any atom is -0.0991 e. The molecule has 1 aliphatic rings. The van der Waals surface area contributed by atoms with Crippen LogP contribution in [0.2, 0.25) is 0 Å². The Morgan fingerprint density at radius 1 is 0.909 bits per heavy atom. The maximum absolute atomic E-state index is 3.46. The third-order valence-corrected chi connectivity index (χ3v) is 1.83. The molecule has 1 fully saturated rings. The highest BCUT2D eigenvalue weighted by molar-refractivity contribution is 4.94.